The molecular weight excluding hydrogens is 434 g/mol. The van der Waals surface area contributed by atoms with Crippen molar-refractivity contribution in [2.75, 3.05) is 0 Å². The van der Waals surface area contributed by atoms with Crippen LogP contribution < -0.4 is 0 Å². The number of aryl methyl sites for hydroxylation is 3. The lowest BCUT2D eigenvalue weighted by Gasteiger charge is -2.11. The zero-order chi connectivity index (χ0) is 25.8. The van der Waals surface area contributed by atoms with Crippen LogP contribution in [0.2, 0.25) is 0 Å². The molecule has 0 aliphatic carbocycles. The Morgan fingerprint density at radius 3 is 2.24 bits per heavy atom. The van der Waals surface area contributed by atoms with Crippen LogP contribution in [-0.2, 0) is 7.05 Å². The van der Waals surface area contributed by atoms with Crippen LogP contribution in [0.5, 0.6) is 0 Å². The highest BCUT2D eigenvalue weighted by Crippen LogP contribution is 2.31. The van der Waals surface area contributed by atoms with Gasteiger partial charge in [0.2, 0.25) is 0 Å². The van der Waals surface area contributed by atoms with E-state index in [1.54, 1.807) is 11.3 Å². The van der Waals surface area contributed by atoms with Gasteiger partial charge in [0.1, 0.15) is 0 Å². The Kier molecular flexibility index (Phi) is 13.1. The third kappa shape index (κ3) is 8.54. The lowest BCUT2D eigenvalue weighted by atomic mass is 9.95. The Hall–Kier alpha value is -2.20. The first-order chi connectivity index (χ1) is 16.3. The van der Waals surface area contributed by atoms with Crippen LogP contribution in [0, 0.1) is 25.7 Å². The molecule has 4 heteroatoms. The van der Waals surface area contributed by atoms with Crippen LogP contribution in [-0.4, -0.2) is 14.8 Å². The van der Waals surface area contributed by atoms with Crippen molar-refractivity contribution in [3.63, 3.8) is 0 Å². The van der Waals surface area contributed by atoms with E-state index in [0.717, 1.165) is 27.9 Å². The quantitative estimate of drug-likeness (QED) is 0.284. The molecule has 3 nitrogen and oxygen atoms in total. The van der Waals surface area contributed by atoms with Gasteiger partial charge in [-0.15, -0.1) is 11.3 Å². The lowest BCUT2D eigenvalue weighted by Crippen LogP contribution is -1.98. The number of thiazole rings is 1. The van der Waals surface area contributed by atoms with Gasteiger partial charge in [-0.2, -0.15) is 5.10 Å². The van der Waals surface area contributed by atoms with Crippen molar-refractivity contribution >= 4 is 32.5 Å². The summed E-state index contributed by atoms with van der Waals surface area (Å²) in [5, 5.41) is 6.81. The highest BCUT2D eigenvalue weighted by molar-refractivity contribution is 7.18. The van der Waals surface area contributed by atoms with Gasteiger partial charge >= 0.3 is 0 Å². The number of hydrogen-bond donors (Lipinski definition) is 0. The predicted molar refractivity (Wildman–Crippen MR) is 155 cm³/mol. The van der Waals surface area contributed by atoms with E-state index in [0.29, 0.717) is 0 Å². The molecule has 0 radical (unpaired) electrons. The maximum Gasteiger partial charge on any atom is 0.0952 e. The summed E-state index contributed by atoms with van der Waals surface area (Å²) in [5.74, 6) is 1.82. The average Bonchev–Trinajstić information content (AvgIpc) is 3.37. The van der Waals surface area contributed by atoms with E-state index < -0.39 is 0 Å². The largest absolute Gasteiger partial charge is 0.275 e. The van der Waals surface area contributed by atoms with Gasteiger partial charge in [0.05, 0.1) is 20.7 Å². The van der Waals surface area contributed by atoms with Gasteiger partial charge in [0, 0.05) is 18.6 Å². The summed E-state index contributed by atoms with van der Waals surface area (Å²) in [6, 6.07) is 10.9. The molecule has 0 spiro atoms. The van der Waals surface area contributed by atoms with E-state index >= 15 is 0 Å². The molecule has 0 saturated carbocycles. The summed E-state index contributed by atoms with van der Waals surface area (Å²) < 4.78 is 3.12. The fourth-order valence-corrected chi connectivity index (χ4v) is 5.10. The Bertz CT molecular complexity index is 1120. The SMILES string of the molecule is CC.CC.CCCC(C)CC(C)C.Cc1nc2ccc(-c3cc(C)c4nn(C)cc4c3)cc2s1. The van der Waals surface area contributed by atoms with Gasteiger partial charge in [0.15, 0.2) is 0 Å². The molecule has 0 amide bonds. The van der Waals surface area contributed by atoms with E-state index in [9.17, 15) is 0 Å². The molecule has 1 atom stereocenters. The normalized spacial score (nSPS) is 11.3. The molecule has 0 bridgehead atoms. The Labute approximate surface area is 212 Å². The molecule has 0 N–H and O–H groups in total. The Balaban J connectivity index is 0.000000379. The molecule has 2 aromatic heterocycles. The topological polar surface area (TPSA) is 30.7 Å². The van der Waals surface area contributed by atoms with E-state index in [4.69, 9.17) is 0 Å². The smallest absolute Gasteiger partial charge is 0.0952 e. The van der Waals surface area contributed by atoms with Crippen LogP contribution in [0.1, 0.15) is 85.2 Å². The maximum absolute atomic E-state index is 4.52. The van der Waals surface area contributed by atoms with Gasteiger partial charge < -0.3 is 0 Å². The summed E-state index contributed by atoms with van der Waals surface area (Å²) in [6.07, 6.45) is 6.21. The molecule has 1 unspecified atom stereocenters. The van der Waals surface area contributed by atoms with Gasteiger partial charge in [-0.05, 0) is 73.1 Å². The van der Waals surface area contributed by atoms with Crippen molar-refractivity contribution in [2.24, 2.45) is 18.9 Å². The molecule has 0 saturated heterocycles. The monoisotopic (exact) mass is 481 g/mol. The molecular formula is C30H47N3S. The highest BCUT2D eigenvalue weighted by atomic mass is 32.1. The van der Waals surface area contributed by atoms with Gasteiger partial charge in [0.25, 0.3) is 0 Å². The number of hydrogen-bond acceptors (Lipinski definition) is 3. The summed E-state index contributed by atoms with van der Waals surface area (Å²) in [4.78, 5) is 4.52. The first-order valence-electron chi connectivity index (χ1n) is 13.1. The minimum Gasteiger partial charge on any atom is -0.275 e. The number of rotatable bonds is 5. The van der Waals surface area contributed by atoms with Gasteiger partial charge in [-0.3, -0.25) is 4.68 Å². The van der Waals surface area contributed by atoms with Gasteiger partial charge in [-0.25, -0.2) is 4.98 Å². The van der Waals surface area contributed by atoms with Crippen molar-refractivity contribution in [3.8, 4) is 11.1 Å². The fourth-order valence-electron chi connectivity index (χ4n) is 4.23. The molecule has 0 fully saturated rings. The summed E-state index contributed by atoms with van der Waals surface area (Å²) >= 11 is 1.75. The third-order valence-corrected chi connectivity index (χ3v) is 6.33. The molecule has 2 aromatic carbocycles. The molecule has 188 valence electrons. The van der Waals surface area contributed by atoms with Crippen molar-refractivity contribution in [2.45, 2.75) is 88.5 Å². The first-order valence-corrected chi connectivity index (χ1v) is 13.9. The van der Waals surface area contributed by atoms with Crippen LogP contribution in [0.4, 0.5) is 0 Å². The second-order valence-corrected chi connectivity index (χ2v) is 10.2. The molecule has 0 aliphatic heterocycles. The molecule has 34 heavy (non-hydrogen) atoms. The molecule has 4 aromatic rings. The Morgan fingerprint density at radius 2 is 1.62 bits per heavy atom. The third-order valence-electron chi connectivity index (χ3n) is 5.40. The van der Waals surface area contributed by atoms with Crippen LogP contribution >= 0.6 is 11.3 Å². The number of nitrogens with zero attached hydrogens (tertiary/aromatic N) is 3. The van der Waals surface area contributed by atoms with Crippen molar-refractivity contribution in [1.29, 1.82) is 0 Å². The van der Waals surface area contributed by atoms with E-state index in [1.165, 1.54) is 46.0 Å². The van der Waals surface area contributed by atoms with Crippen LogP contribution in [0.25, 0.3) is 32.2 Å². The lowest BCUT2D eigenvalue weighted by molar-refractivity contribution is 0.412. The van der Waals surface area contributed by atoms with E-state index in [-0.39, 0.29) is 0 Å². The van der Waals surface area contributed by atoms with Crippen LogP contribution in [0.3, 0.4) is 0 Å². The number of benzene rings is 2. The second kappa shape index (κ2) is 14.9. The summed E-state index contributed by atoms with van der Waals surface area (Å²) in [5.41, 5.74) is 5.85. The Morgan fingerprint density at radius 1 is 0.941 bits per heavy atom. The summed E-state index contributed by atoms with van der Waals surface area (Å²) in [6.45, 7) is 21.4. The standard InChI is InChI=1S/C17H15N3S.C9H20.2C2H6/c1-10-6-13(7-14-9-20(3)19-17(10)14)12-4-5-15-16(8-12)21-11(2)18-15;1-5-6-9(4)7-8(2)3;2*1-2/h4-9H,1-3H3;8-9H,5-7H2,1-4H3;2*1-2H3. The maximum atomic E-state index is 4.52. The van der Waals surface area contributed by atoms with Crippen molar-refractivity contribution < 1.29 is 0 Å². The zero-order valence-corrected chi connectivity index (χ0v) is 24.3. The average molecular weight is 482 g/mol. The van der Waals surface area contributed by atoms with E-state index in [2.05, 4.69) is 88.2 Å². The second-order valence-electron chi connectivity index (χ2n) is 8.97. The van der Waals surface area contributed by atoms with Crippen molar-refractivity contribution in [1.82, 2.24) is 14.8 Å². The number of fused-ring (bicyclic) bond motifs is 2. The fraction of sp³-hybridized carbons (Fsp3) is 0.533. The van der Waals surface area contributed by atoms with Crippen LogP contribution in [0.15, 0.2) is 36.5 Å². The molecule has 2 heterocycles. The molecule has 4 rings (SSSR count). The van der Waals surface area contributed by atoms with E-state index in [1.807, 2.05) is 39.4 Å². The first kappa shape index (κ1) is 29.8. The minimum absolute atomic E-state index is 0.881. The minimum atomic E-state index is 0.881. The molecule has 0 aliphatic rings. The summed E-state index contributed by atoms with van der Waals surface area (Å²) in [7, 11) is 1.96. The van der Waals surface area contributed by atoms with Gasteiger partial charge in [-0.1, -0.05) is 74.3 Å². The predicted octanol–water partition coefficient (Wildman–Crippen LogP) is 9.99. The zero-order valence-electron chi connectivity index (χ0n) is 23.5. The number of aromatic nitrogens is 3. The highest BCUT2D eigenvalue weighted by Gasteiger charge is 2.08. The van der Waals surface area contributed by atoms with Crippen molar-refractivity contribution in [3.05, 3.63) is 47.1 Å².